The Labute approximate surface area is 108 Å². The summed E-state index contributed by atoms with van der Waals surface area (Å²) in [6.07, 6.45) is 2.00. The van der Waals surface area contributed by atoms with Gasteiger partial charge in [0.25, 0.3) is 0 Å². The first-order valence-electron chi connectivity index (χ1n) is 6.26. The van der Waals surface area contributed by atoms with Crippen LogP contribution >= 0.6 is 0 Å². The molecule has 0 unspecified atom stereocenters. The van der Waals surface area contributed by atoms with Gasteiger partial charge in [0, 0.05) is 11.8 Å². The summed E-state index contributed by atoms with van der Waals surface area (Å²) in [5.74, 6) is 0.0728. The molecule has 18 heavy (non-hydrogen) atoms. The van der Waals surface area contributed by atoms with E-state index in [1.807, 2.05) is 6.92 Å². The van der Waals surface area contributed by atoms with Gasteiger partial charge in [-0.15, -0.1) is 0 Å². The van der Waals surface area contributed by atoms with Gasteiger partial charge in [0.2, 0.25) is 0 Å². The van der Waals surface area contributed by atoms with Crippen LogP contribution in [0.3, 0.4) is 0 Å². The Hall–Kier alpha value is -1.58. The number of hydrogen-bond acceptors (Lipinski definition) is 3. The summed E-state index contributed by atoms with van der Waals surface area (Å²) >= 11 is 0. The van der Waals surface area contributed by atoms with Crippen molar-refractivity contribution in [3.63, 3.8) is 0 Å². The second-order valence-electron chi connectivity index (χ2n) is 4.91. The lowest BCUT2D eigenvalue weighted by atomic mass is 10.1. The molecule has 0 saturated heterocycles. The Bertz CT molecular complexity index is 427. The van der Waals surface area contributed by atoms with Crippen LogP contribution in [0.4, 0.5) is 0 Å². The molecule has 0 bridgehead atoms. The molecule has 1 rings (SSSR count). The average Bonchev–Trinajstić information content (AvgIpc) is 2.22. The molecular formula is C14H21NO3. The second-order valence-corrected chi connectivity index (χ2v) is 4.91. The van der Waals surface area contributed by atoms with Crippen LogP contribution in [0.1, 0.15) is 48.4 Å². The van der Waals surface area contributed by atoms with Crippen molar-refractivity contribution in [3.05, 3.63) is 23.0 Å². The van der Waals surface area contributed by atoms with Gasteiger partial charge in [0.15, 0.2) is 0 Å². The number of aromatic nitrogens is 1. The first-order chi connectivity index (χ1) is 8.41. The van der Waals surface area contributed by atoms with E-state index in [0.717, 1.165) is 18.5 Å². The van der Waals surface area contributed by atoms with E-state index in [4.69, 9.17) is 9.84 Å². The first-order valence-corrected chi connectivity index (χ1v) is 6.26. The quantitative estimate of drug-likeness (QED) is 0.789. The van der Waals surface area contributed by atoms with Crippen molar-refractivity contribution in [3.8, 4) is 5.75 Å². The van der Waals surface area contributed by atoms with Crippen LogP contribution in [0.5, 0.6) is 5.75 Å². The maximum absolute atomic E-state index is 11.2. The number of ether oxygens (including phenoxy) is 1. The summed E-state index contributed by atoms with van der Waals surface area (Å²) in [6.45, 7) is 8.38. The van der Waals surface area contributed by atoms with Gasteiger partial charge in [-0.25, -0.2) is 4.79 Å². The third-order valence-electron chi connectivity index (χ3n) is 2.69. The predicted octanol–water partition coefficient (Wildman–Crippen LogP) is 3.21. The smallest absolute Gasteiger partial charge is 0.341 e. The summed E-state index contributed by atoms with van der Waals surface area (Å²) in [7, 11) is 0. The molecule has 0 aliphatic heterocycles. The molecular weight excluding hydrogens is 230 g/mol. The van der Waals surface area contributed by atoms with Gasteiger partial charge in [0.05, 0.1) is 12.3 Å². The van der Waals surface area contributed by atoms with E-state index >= 15 is 0 Å². The van der Waals surface area contributed by atoms with E-state index in [1.54, 1.807) is 13.0 Å². The molecule has 0 spiro atoms. The summed E-state index contributed by atoms with van der Waals surface area (Å²) in [5.41, 5.74) is 1.45. The number of pyridine rings is 1. The van der Waals surface area contributed by atoms with Crippen LogP contribution < -0.4 is 4.74 Å². The van der Waals surface area contributed by atoms with Crippen molar-refractivity contribution in [2.45, 2.75) is 40.5 Å². The van der Waals surface area contributed by atoms with E-state index in [-0.39, 0.29) is 5.56 Å². The van der Waals surface area contributed by atoms with Gasteiger partial charge in [-0.1, -0.05) is 13.8 Å². The molecule has 1 heterocycles. The van der Waals surface area contributed by atoms with E-state index < -0.39 is 5.97 Å². The number of carbonyl (C=O) groups is 1. The van der Waals surface area contributed by atoms with Crippen molar-refractivity contribution >= 4 is 5.97 Å². The zero-order valence-corrected chi connectivity index (χ0v) is 11.5. The van der Waals surface area contributed by atoms with E-state index in [1.165, 1.54) is 0 Å². The molecule has 0 aliphatic carbocycles. The highest BCUT2D eigenvalue weighted by atomic mass is 16.5. The molecule has 0 aromatic carbocycles. The van der Waals surface area contributed by atoms with Crippen LogP contribution in [0.25, 0.3) is 0 Å². The number of hydrogen-bond donors (Lipinski definition) is 1. The predicted molar refractivity (Wildman–Crippen MR) is 70.2 cm³/mol. The SMILES string of the molecule is Cc1cc(OCCCC(C)C)c(C(=O)O)c(C)n1. The monoisotopic (exact) mass is 251 g/mol. The standard InChI is InChI=1S/C14H21NO3/c1-9(2)6-5-7-18-12-8-10(3)15-11(4)13(12)14(16)17/h8-9H,5-7H2,1-4H3,(H,16,17). The van der Waals surface area contributed by atoms with Gasteiger partial charge in [-0.3, -0.25) is 4.98 Å². The first kappa shape index (κ1) is 14.5. The highest BCUT2D eigenvalue weighted by molar-refractivity contribution is 5.92. The van der Waals surface area contributed by atoms with Crippen molar-refractivity contribution in [1.29, 1.82) is 0 Å². The molecule has 100 valence electrons. The van der Waals surface area contributed by atoms with Crippen LogP contribution in [-0.4, -0.2) is 22.7 Å². The lowest BCUT2D eigenvalue weighted by Crippen LogP contribution is -2.09. The van der Waals surface area contributed by atoms with E-state index in [0.29, 0.717) is 24.0 Å². The van der Waals surface area contributed by atoms with Gasteiger partial charge in [-0.2, -0.15) is 0 Å². The zero-order chi connectivity index (χ0) is 13.7. The lowest BCUT2D eigenvalue weighted by molar-refractivity contribution is 0.0690. The number of carboxylic acids is 1. The molecule has 1 N–H and O–H groups in total. The van der Waals surface area contributed by atoms with Gasteiger partial charge in [-0.05, 0) is 32.6 Å². The van der Waals surface area contributed by atoms with Crippen molar-refractivity contribution in [2.75, 3.05) is 6.61 Å². The van der Waals surface area contributed by atoms with Crippen LogP contribution in [-0.2, 0) is 0 Å². The maximum Gasteiger partial charge on any atom is 0.341 e. The minimum Gasteiger partial charge on any atom is -0.493 e. The molecule has 0 fully saturated rings. The Morgan fingerprint density at radius 3 is 2.67 bits per heavy atom. The van der Waals surface area contributed by atoms with Crippen LogP contribution in [0.15, 0.2) is 6.07 Å². The minimum absolute atomic E-state index is 0.171. The third kappa shape index (κ3) is 4.02. The highest BCUT2D eigenvalue weighted by Gasteiger charge is 2.16. The van der Waals surface area contributed by atoms with E-state index in [9.17, 15) is 4.79 Å². The van der Waals surface area contributed by atoms with Crippen molar-refractivity contribution < 1.29 is 14.6 Å². The molecule has 0 radical (unpaired) electrons. The molecule has 1 aromatic rings. The van der Waals surface area contributed by atoms with E-state index in [2.05, 4.69) is 18.8 Å². The largest absolute Gasteiger partial charge is 0.493 e. The number of aryl methyl sites for hydroxylation is 2. The Morgan fingerprint density at radius 1 is 1.44 bits per heavy atom. The average molecular weight is 251 g/mol. The van der Waals surface area contributed by atoms with Crippen molar-refractivity contribution in [2.24, 2.45) is 5.92 Å². The number of rotatable bonds is 6. The molecule has 4 heteroatoms. The van der Waals surface area contributed by atoms with Crippen LogP contribution in [0.2, 0.25) is 0 Å². The topological polar surface area (TPSA) is 59.4 Å². The minimum atomic E-state index is -0.987. The fraction of sp³-hybridized carbons (Fsp3) is 0.571. The highest BCUT2D eigenvalue weighted by Crippen LogP contribution is 2.22. The number of nitrogens with zero attached hydrogens (tertiary/aromatic N) is 1. The summed E-state index contributed by atoms with van der Waals surface area (Å²) in [4.78, 5) is 15.3. The van der Waals surface area contributed by atoms with Crippen LogP contribution in [0, 0.1) is 19.8 Å². The maximum atomic E-state index is 11.2. The van der Waals surface area contributed by atoms with Crippen molar-refractivity contribution in [1.82, 2.24) is 4.98 Å². The Morgan fingerprint density at radius 2 is 2.11 bits per heavy atom. The molecule has 0 aliphatic rings. The zero-order valence-electron chi connectivity index (χ0n) is 11.5. The number of carboxylic acid groups (broad SMARTS) is 1. The molecule has 4 nitrogen and oxygen atoms in total. The Kier molecular flexibility index (Phi) is 5.13. The van der Waals surface area contributed by atoms with Gasteiger partial charge in [0.1, 0.15) is 11.3 Å². The molecule has 0 atom stereocenters. The van der Waals surface area contributed by atoms with Gasteiger partial charge >= 0.3 is 5.97 Å². The Balaban J connectivity index is 2.77. The second kappa shape index (κ2) is 6.38. The normalized spacial score (nSPS) is 10.7. The third-order valence-corrected chi connectivity index (χ3v) is 2.69. The molecule has 0 amide bonds. The summed E-state index contributed by atoms with van der Waals surface area (Å²) in [6, 6.07) is 1.69. The lowest BCUT2D eigenvalue weighted by Gasteiger charge is -2.12. The summed E-state index contributed by atoms with van der Waals surface area (Å²) < 4.78 is 5.59. The molecule has 0 saturated carbocycles. The summed E-state index contributed by atoms with van der Waals surface area (Å²) in [5, 5.41) is 9.16. The molecule has 1 aromatic heterocycles. The fourth-order valence-electron chi connectivity index (χ4n) is 1.84. The van der Waals surface area contributed by atoms with Gasteiger partial charge < -0.3 is 9.84 Å². The fourth-order valence-corrected chi connectivity index (χ4v) is 1.84. The number of aromatic carboxylic acids is 1.